The normalized spacial score (nSPS) is 10.4. The minimum absolute atomic E-state index is 0.132. The molecule has 0 aliphatic carbocycles. The summed E-state index contributed by atoms with van der Waals surface area (Å²) in [5, 5.41) is 12.0. The van der Waals surface area contributed by atoms with Crippen molar-refractivity contribution in [3.05, 3.63) is 47.2 Å². The molecule has 1 heterocycles. The summed E-state index contributed by atoms with van der Waals surface area (Å²) in [6.45, 7) is 3.93. The van der Waals surface area contributed by atoms with Crippen LogP contribution in [-0.4, -0.2) is 22.7 Å². The molecule has 0 unspecified atom stereocenters. The zero-order valence-corrected chi connectivity index (χ0v) is 12.5. The number of nitrogens with one attached hydrogen (secondary N) is 1. The van der Waals surface area contributed by atoms with Crippen LogP contribution in [0.2, 0.25) is 0 Å². The number of benzene rings is 1. The van der Waals surface area contributed by atoms with Crippen molar-refractivity contribution < 1.29 is 19.1 Å². The van der Waals surface area contributed by atoms with Crippen LogP contribution in [0.3, 0.4) is 0 Å². The van der Waals surface area contributed by atoms with Gasteiger partial charge < -0.3 is 14.8 Å². The minimum Gasteiger partial charge on any atom is -0.475 e. The van der Waals surface area contributed by atoms with Crippen LogP contribution in [0.25, 0.3) is 0 Å². The average molecular weight is 305 g/mol. The number of amides is 1. The van der Waals surface area contributed by atoms with Crippen LogP contribution in [-0.2, 0) is 4.79 Å². The van der Waals surface area contributed by atoms with E-state index in [0.717, 1.165) is 28.6 Å². The fraction of sp³-hybridized carbons (Fsp3) is 0.200. The molecular weight excluding hydrogens is 290 g/mol. The third-order valence-corrected chi connectivity index (χ3v) is 3.93. The Morgan fingerprint density at radius 3 is 2.67 bits per heavy atom. The highest BCUT2D eigenvalue weighted by Gasteiger charge is 2.11. The van der Waals surface area contributed by atoms with Crippen LogP contribution in [0.15, 0.2) is 39.8 Å². The number of anilines is 1. The molecule has 0 aliphatic rings. The van der Waals surface area contributed by atoms with E-state index in [1.54, 1.807) is 6.07 Å². The van der Waals surface area contributed by atoms with E-state index in [1.165, 1.54) is 6.07 Å². The Morgan fingerprint density at radius 2 is 2.00 bits per heavy atom. The van der Waals surface area contributed by atoms with E-state index >= 15 is 0 Å². The zero-order valence-electron chi connectivity index (χ0n) is 11.7. The predicted octanol–water partition coefficient (Wildman–Crippen LogP) is 3.33. The smallest absolute Gasteiger partial charge is 0.371 e. The lowest BCUT2D eigenvalue weighted by atomic mass is 10.1. The predicted molar refractivity (Wildman–Crippen MR) is 80.9 cm³/mol. The van der Waals surface area contributed by atoms with Gasteiger partial charge in [-0.1, -0.05) is 23.9 Å². The monoisotopic (exact) mass is 305 g/mol. The second-order valence-corrected chi connectivity index (χ2v) is 5.49. The molecule has 0 fully saturated rings. The molecule has 2 aromatic rings. The number of hydrogen-bond acceptors (Lipinski definition) is 4. The Balaban J connectivity index is 1.92. The van der Waals surface area contributed by atoms with Gasteiger partial charge in [-0.25, -0.2) is 4.79 Å². The Kier molecular flexibility index (Phi) is 4.70. The maximum Gasteiger partial charge on any atom is 0.371 e. The van der Waals surface area contributed by atoms with Crippen molar-refractivity contribution in [1.29, 1.82) is 0 Å². The molecule has 1 amide bonds. The molecule has 21 heavy (non-hydrogen) atoms. The van der Waals surface area contributed by atoms with Gasteiger partial charge in [-0.2, -0.15) is 0 Å². The second kappa shape index (κ2) is 6.49. The maximum absolute atomic E-state index is 11.9. The van der Waals surface area contributed by atoms with E-state index in [2.05, 4.69) is 5.32 Å². The molecule has 5 nitrogen and oxygen atoms in total. The van der Waals surface area contributed by atoms with E-state index < -0.39 is 5.97 Å². The molecule has 6 heteroatoms. The van der Waals surface area contributed by atoms with Gasteiger partial charge in [-0.3, -0.25) is 4.79 Å². The van der Waals surface area contributed by atoms with Gasteiger partial charge in [0, 0.05) is 5.69 Å². The number of furan rings is 1. The van der Waals surface area contributed by atoms with Crippen molar-refractivity contribution in [1.82, 2.24) is 0 Å². The fourth-order valence-electron chi connectivity index (χ4n) is 1.72. The lowest BCUT2D eigenvalue weighted by Crippen LogP contribution is -2.15. The first-order valence-electron chi connectivity index (χ1n) is 6.29. The first-order chi connectivity index (χ1) is 9.97. The van der Waals surface area contributed by atoms with Gasteiger partial charge in [0.25, 0.3) is 0 Å². The fourth-order valence-corrected chi connectivity index (χ4v) is 2.38. The highest BCUT2D eigenvalue weighted by Crippen LogP contribution is 2.22. The topological polar surface area (TPSA) is 79.5 Å². The highest BCUT2D eigenvalue weighted by molar-refractivity contribution is 7.99. The molecule has 0 saturated heterocycles. The van der Waals surface area contributed by atoms with E-state index in [4.69, 9.17) is 9.52 Å². The number of carboxylic acids is 1. The summed E-state index contributed by atoms with van der Waals surface area (Å²) >= 11 is 1.15. The number of aryl methyl sites for hydroxylation is 1. The Labute approximate surface area is 126 Å². The third-order valence-electron chi connectivity index (χ3n) is 3.02. The quantitative estimate of drug-likeness (QED) is 0.828. The van der Waals surface area contributed by atoms with Crippen molar-refractivity contribution in [2.45, 2.75) is 18.9 Å². The van der Waals surface area contributed by atoms with Crippen LogP contribution in [0.5, 0.6) is 0 Å². The molecule has 0 atom stereocenters. The van der Waals surface area contributed by atoms with Gasteiger partial charge in [0.05, 0.1) is 5.75 Å². The summed E-state index contributed by atoms with van der Waals surface area (Å²) in [5.74, 6) is -1.27. The third kappa shape index (κ3) is 3.88. The lowest BCUT2D eigenvalue weighted by molar-refractivity contribution is -0.113. The number of carbonyl (C=O) groups excluding carboxylic acids is 1. The van der Waals surface area contributed by atoms with Gasteiger partial charge in [0.1, 0.15) is 0 Å². The first-order valence-corrected chi connectivity index (χ1v) is 7.28. The molecule has 1 aromatic carbocycles. The van der Waals surface area contributed by atoms with Gasteiger partial charge in [0.2, 0.25) is 11.7 Å². The number of rotatable bonds is 5. The van der Waals surface area contributed by atoms with Crippen LogP contribution in [0.1, 0.15) is 21.7 Å². The molecule has 0 radical (unpaired) electrons. The summed E-state index contributed by atoms with van der Waals surface area (Å²) in [6.07, 6.45) is 0. The summed E-state index contributed by atoms with van der Waals surface area (Å²) in [4.78, 5) is 22.6. The Morgan fingerprint density at radius 1 is 1.24 bits per heavy atom. The number of carboxylic acid groups (broad SMARTS) is 1. The molecule has 0 bridgehead atoms. The van der Waals surface area contributed by atoms with Crippen LogP contribution in [0.4, 0.5) is 5.69 Å². The second-order valence-electron chi connectivity index (χ2n) is 4.51. The van der Waals surface area contributed by atoms with E-state index in [0.29, 0.717) is 5.09 Å². The van der Waals surface area contributed by atoms with Crippen molar-refractivity contribution in [2.75, 3.05) is 11.1 Å². The van der Waals surface area contributed by atoms with Crippen molar-refractivity contribution in [3.63, 3.8) is 0 Å². The largest absolute Gasteiger partial charge is 0.475 e. The van der Waals surface area contributed by atoms with Crippen LogP contribution < -0.4 is 5.32 Å². The summed E-state index contributed by atoms with van der Waals surface area (Å²) in [6, 6.07) is 8.62. The molecule has 0 spiro atoms. The Hall–Kier alpha value is -2.21. The van der Waals surface area contributed by atoms with Crippen molar-refractivity contribution >= 4 is 29.3 Å². The molecule has 1 aromatic heterocycles. The summed E-state index contributed by atoms with van der Waals surface area (Å²) in [5.41, 5.74) is 2.92. The van der Waals surface area contributed by atoms with Crippen LogP contribution in [0, 0.1) is 13.8 Å². The zero-order chi connectivity index (χ0) is 15.4. The average Bonchev–Trinajstić information content (AvgIpc) is 2.91. The maximum atomic E-state index is 11.9. The van der Waals surface area contributed by atoms with Gasteiger partial charge in [-0.15, -0.1) is 0 Å². The van der Waals surface area contributed by atoms with Gasteiger partial charge in [0.15, 0.2) is 5.09 Å². The SMILES string of the molecule is Cc1cccc(NC(=O)CSc2ccc(C(=O)O)o2)c1C. The molecule has 0 saturated carbocycles. The van der Waals surface area contributed by atoms with Crippen LogP contribution >= 0.6 is 11.8 Å². The van der Waals surface area contributed by atoms with E-state index in [1.807, 2.05) is 32.0 Å². The summed E-state index contributed by atoms with van der Waals surface area (Å²) < 4.78 is 5.07. The Bertz CT molecular complexity index is 678. The minimum atomic E-state index is -1.12. The number of hydrogen-bond donors (Lipinski definition) is 2. The van der Waals surface area contributed by atoms with E-state index in [-0.39, 0.29) is 17.4 Å². The molecular formula is C15H15NO4S. The molecule has 0 aliphatic heterocycles. The standard InChI is InChI=1S/C15H15NO4S/c1-9-4-3-5-11(10(9)2)16-13(17)8-21-14-7-6-12(20-14)15(18)19/h3-7H,8H2,1-2H3,(H,16,17)(H,18,19). The lowest BCUT2D eigenvalue weighted by Gasteiger charge is -2.09. The summed E-state index contributed by atoms with van der Waals surface area (Å²) in [7, 11) is 0. The number of thioether (sulfide) groups is 1. The highest BCUT2D eigenvalue weighted by atomic mass is 32.2. The molecule has 110 valence electrons. The van der Waals surface area contributed by atoms with E-state index in [9.17, 15) is 9.59 Å². The van der Waals surface area contributed by atoms with Crippen molar-refractivity contribution in [2.24, 2.45) is 0 Å². The molecule has 2 N–H and O–H groups in total. The van der Waals surface area contributed by atoms with Gasteiger partial charge >= 0.3 is 5.97 Å². The van der Waals surface area contributed by atoms with Crippen molar-refractivity contribution in [3.8, 4) is 0 Å². The number of aromatic carboxylic acids is 1. The van der Waals surface area contributed by atoms with Gasteiger partial charge in [-0.05, 0) is 43.2 Å². The number of carbonyl (C=O) groups is 2. The molecule has 2 rings (SSSR count). The first kappa shape index (κ1) is 15.2.